The molecule has 0 spiro atoms. The molecule has 0 aliphatic heterocycles. The Bertz CT molecular complexity index is 510. The quantitative estimate of drug-likeness (QED) is 0.735. The van der Waals surface area contributed by atoms with Gasteiger partial charge in [0, 0.05) is 11.8 Å². The minimum Gasteiger partial charge on any atom is -0.298 e. The summed E-state index contributed by atoms with van der Waals surface area (Å²) in [7, 11) is 0. The van der Waals surface area contributed by atoms with E-state index in [-0.39, 0.29) is 5.69 Å². The van der Waals surface area contributed by atoms with E-state index >= 15 is 0 Å². The lowest BCUT2D eigenvalue weighted by molar-refractivity contribution is 0.112. The summed E-state index contributed by atoms with van der Waals surface area (Å²) in [6.45, 7) is 0. The van der Waals surface area contributed by atoms with Gasteiger partial charge in [-0.15, -0.1) is 0 Å². The molecule has 0 aliphatic carbocycles. The maximum atomic E-state index is 13.4. The molecule has 0 atom stereocenters. The fourth-order valence-corrected chi connectivity index (χ4v) is 1.35. The van der Waals surface area contributed by atoms with Gasteiger partial charge in [0.15, 0.2) is 0 Å². The second kappa shape index (κ2) is 3.82. The molecule has 1 aromatic carbocycles. The van der Waals surface area contributed by atoms with E-state index in [0.29, 0.717) is 16.9 Å². The number of benzene rings is 1. The monoisotopic (exact) mass is 224 g/mol. The van der Waals surface area contributed by atoms with Crippen LogP contribution in [-0.4, -0.2) is 16.1 Å². The van der Waals surface area contributed by atoms with Gasteiger partial charge in [-0.25, -0.2) is 9.07 Å². The Morgan fingerprint density at radius 3 is 2.87 bits per heavy atom. The number of aromatic nitrogens is 2. The van der Waals surface area contributed by atoms with Gasteiger partial charge in [-0.1, -0.05) is 11.6 Å². The van der Waals surface area contributed by atoms with E-state index in [2.05, 4.69) is 5.10 Å². The standard InChI is InChI=1S/C10H6ClFN2O/c11-8-4-13-14(5-8)10-3-7(6-15)1-2-9(10)12/h1-6H. The first kappa shape index (κ1) is 9.86. The molecule has 0 amide bonds. The normalized spacial score (nSPS) is 10.3. The Balaban J connectivity index is 2.55. The van der Waals surface area contributed by atoms with Crippen LogP contribution in [0.2, 0.25) is 5.02 Å². The molecule has 15 heavy (non-hydrogen) atoms. The van der Waals surface area contributed by atoms with E-state index < -0.39 is 5.82 Å². The maximum absolute atomic E-state index is 13.4. The SMILES string of the molecule is O=Cc1ccc(F)c(-n2cc(Cl)cn2)c1. The topological polar surface area (TPSA) is 34.9 Å². The predicted molar refractivity (Wildman–Crippen MR) is 53.9 cm³/mol. The maximum Gasteiger partial charge on any atom is 0.150 e. The van der Waals surface area contributed by atoms with Crippen molar-refractivity contribution in [3.63, 3.8) is 0 Å². The number of carbonyl (C=O) groups excluding carboxylic acids is 1. The first-order valence-corrected chi connectivity index (χ1v) is 4.54. The second-order valence-corrected chi connectivity index (χ2v) is 3.37. The molecular weight excluding hydrogens is 219 g/mol. The van der Waals surface area contributed by atoms with Crippen LogP contribution in [0.1, 0.15) is 10.4 Å². The molecule has 0 N–H and O–H groups in total. The minimum absolute atomic E-state index is 0.200. The van der Waals surface area contributed by atoms with Crippen LogP contribution in [0.5, 0.6) is 0 Å². The lowest BCUT2D eigenvalue weighted by atomic mass is 10.2. The molecule has 0 aliphatic rings. The molecule has 1 aromatic heterocycles. The first-order valence-electron chi connectivity index (χ1n) is 4.16. The Kier molecular flexibility index (Phi) is 2.51. The molecule has 76 valence electrons. The van der Waals surface area contributed by atoms with Crippen LogP contribution in [0.3, 0.4) is 0 Å². The summed E-state index contributed by atoms with van der Waals surface area (Å²) >= 11 is 5.66. The number of nitrogens with zero attached hydrogens (tertiary/aromatic N) is 2. The molecule has 1 heterocycles. The average molecular weight is 225 g/mol. The Labute approximate surface area is 90.1 Å². The summed E-state index contributed by atoms with van der Waals surface area (Å²) in [6, 6.07) is 4.03. The molecule has 2 aromatic rings. The van der Waals surface area contributed by atoms with Gasteiger partial charge in [0.1, 0.15) is 17.8 Å². The minimum atomic E-state index is -0.458. The molecule has 0 saturated carbocycles. The number of halogens is 2. The van der Waals surface area contributed by atoms with Gasteiger partial charge in [0.25, 0.3) is 0 Å². The summed E-state index contributed by atoms with van der Waals surface area (Å²) in [5.41, 5.74) is 0.588. The van der Waals surface area contributed by atoms with E-state index in [1.54, 1.807) is 0 Å². The van der Waals surface area contributed by atoms with Gasteiger partial charge in [0.05, 0.1) is 11.2 Å². The molecule has 0 radical (unpaired) electrons. The van der Waals surface area contributed by atoms with Gasteiger partial charge in [-0.2, -0.15) is 5.10 Å². The van der Waals surface area contributed by atoms with E-state index in [9.17, 15) is 9.18 Å². The van der Waals surface area contributed by atoms with Crippen molar-refractivity contribution in [3.05, 3.63) is 47.0 Å². The fraction of sp³-hybridized carbons (Fsp3) is 0. The van der Waals surface area contributed by atoms with E-state index in [1.165, 1.54) is 35.3 Å². The average Bonchev–Trinajstić information content (AvgIpc) is 2.65. The van der Waals surface area contributed by atoms with E-state index in [0.717, 1.165) is 0 Å². The Morgan fingerprint density at radius 2 is 2.27 bits per heavy atom. The van der Waals surface area contributed by atoms with Crippen LogP contribution in [0, 0.1) is 5.82 Å². The highest BCUT2D eigenvalue weighted by molar-refractivity contribution is 6.30. The highest BCUT2D eigenvalue weighted by Gasteiger charge is 2.06. The summed E-state index contributed by atoms with van der Waals surface area (Å²) in [6.07, 6.45) is 3.51. The van der Waals surface area contributed by atoms with Crippen LogP contribution in [0.15, 0.2) is 30.6 Å². The number of hydrogen-bond donors (Lipinski definition) is 0. The lowest BCUT2D eigenvalue weighted by Crippen LogP contribution is -1.99. The van der Waals surface area contributed by atoms with Crippen molar-refractivity contribution in [1.29, 1.82) is 0 Å². The summed E-state index contributed by atoms with van der Waals surface area (Å²) in [5.74, 6) is -0.458. The van der Waals surface area contributed by atoms with Crippen LogP contribution in [0.25, 0.3) is 5.69 Å². The largest absolute Gasteiger partial charge is 0.298 e. The van der Waals surface area contributed by atoms with Gasteiger partial charge in [-0.3, -0.25) is 4.79 Å². The van der Waals surface area contributed by atoms with Gasteiger partial charge >= 0.3 is 0 Å². The molecule has 0 fully saturated rings. The Hall–Kier alpha value is -1.68. The third-order valence-electron chi connectivity index (χ3n) is 1.90. The van der Waals surface area contributed by atoms with Crippen molar-refractivity contribution in [2.75, 3.05) is 0 Å². The molecule has 0 saturated heterocycles. The molecule has 5 heteroatoms. The predicted octanol–water partition coefficient (Wildman–Crippen LogP) is 2.48. The van der Waals surface area contributed by atoms with Crippen molar-refractivity contribution >= 4 is 17.9 Å². The molecule has 0 unspecified atom stereocenters. The fourth-order valence-electron chi connectivity index (χ4n) is 1.21. The highest BCUT2D eigenvalue weighted by atomic mass is 35.5. The first-order chi connectivity index (χ1) is 7.20. The molecular formula is C10H6ClFN2O. The number of hydrogen-bond acceptors (Lipinski definition) is 2. The Morgan fingerprint density at radius 1 is 1.47 bits per heavy atom. The smallest absolute Gasteiger partial charge is 0.150 e. The van der Waals surface area contributed by atoms with Crippen molar-refractivity contribution in [2.24, 2.45) is 0 Å². The van der Waals surface area contributed by atoms with Gasteiger partial charge < -0.3 is 0 Å². The number of aldehydes is 1. The molecule has 3 nitrogen and oxygen atoms in total. The third-order valence-corrected chi connectivity index (χ3v) is 2.10. The van der Waals surface area contributed by atoms with E-state index in [1.807, 2.05) is 0 Å². The zero-order valence-corrected chi connectivity index (χ0v) is 8.28. The van der Waals surface area contributed by atoms with Crippen LogP contribution < -0.4 is 0 Å². The molecule has 2 rings (SSSR count). The van der Waals surface area contributed by atoms with Crippen LogP contribution >= 0.6 is 11.6 Å². The summed E-state index contributed by atoms with van der Waals surface area (Å²) < 4.78 is 14.7. The third kappa shape index (κ3) is 1.89. The number of carbonyl (C=O) groups is 1. The number of rotatable bonds is 2. The zero-order valence-electron chi connectivity index (χ0n) is 7.52. The summed E-state index contributed by atoms with van der Waals surface area (Å²) in [4.78, 5) is 10.5. The van der Waals surface area contributed by atoms with Gasteiger partial charge in [0.2, 0.25) is 0 Å². The van der Waals surface area contributed by atoms with Crippen LogP contribution in [0.4, 0.5) is 4.39 Å². The zero-order chi connectivity index (χ0) is 10.8. The lowest BCUT2D eigenvalue weighted by Gasteiger charge is -2.03. The van der Waals surface area contributed by atoms with E-state index in [4.69, 9.17) is 11.6 Å². The molecule has 0 bridgehead atoms. The highest BCUT2D eigenvalue weighted by Crippen LogP contribution is 2.16. The van der Waals surface area contributed by atoms with Crippen LogP contribution in [-0.2, 0) is 0 Å². The van der Waals surface area contributed by atoms with Crippen molar-refractivity contribution < 1.29 is 9.18 Å². The van der Waals surface area contributed by atoms with Crippen molar-refractivity contribution in [2.45, 2.75) is 0 Å². The van der Waals surface area contributed by atoms with Crippen molar-refractivity contribution in [1.82, 2.24) is 9.78 Å². The van der Waals surface area contributed by atoms with Gasteiger partial charge in [-0.05, 0) is 18.2 Å². The second-order valence-electron chi connectivity index (χ2n) is 2.93. The van der Waals surface area contributed by atoms with Crippen molar-refractivity contribution in [3.8, 4) is 5.69 Å². The summed E-state index contributed by atoms with van der Waals surface area (Å²) in [5, 5.41) is 4.26.